The minimum atomic E-state index is -0.546. The summed E-state index contributed by atoms with van der Waals surface area (Å²) in [5, 5.41) is 5.02. The van der Waals surface area contributed by atoms with Crippen LogP contribution in [0.15, 0.2) is 53.3 Å². The molecule has 1 amide bonds. The molecule has 3 rings (SSSR count). The second-order valence-electron chi connectivity index (χ2n) is 5.16. The molecule has 1 aromatic heterocycles. The van der Waals surface area contributed by atoms with Crippen LogP contribution in [0.1, 0.15) is 0 Å². The predicted octanol–water partition coefficient (Wildman–Crippen LogP) is 2.00. The third-order valence-corrected chi connectivity index (χ3v) is 3.87. The van der Waals surface area contributed by atoms with Gasteiger partial charge in [-0.25, -0.2) is 19.9 Å². The van der Waals surface area contributed by atoms with Gasteiger partial charge in [0.1, 0.15) is 6.54 Å². The number of nitrogens with one attached hydrogen (secondary N) is 1. The van der Waals surface area contributed by atoms with E-state index in [1.165, 1.54) is 4.57 Å². The Hall–Kier alpha value is -2.61. The zero-order valence-electron chi connectivity index (χ0n) is 12.8. The Kier molecular flexibility index (Phi) is 4.89. The van der Waals surface area contributed by atoms with E-state index in [0.29, 0.717) is 27.1 Å². The first kappa shape index (κ1) is 17.2. The first-order valence-corrected chi connectivity index (χ1v) is 7.96. The highest BCUT2D eigenvalue weighted by molar-refractivity contribution is 6.34. The van der Waals surface area contributed by atoms with Crippen molar-refractivity contribution in [2.24, 2.45) is 5.84 Å². The van der Waals surface area contributed by atoms with E-state index in [9.17, 15) is 9.59 Å². The Morgan fingerprint density at radius 2 is 1.76 bits per heavy atom. The molecule has 0 aliphatic carbocycles. The molecule has 0 saturated carbocycles. The fourth-order valence-corrected chi connectivity index (χ4v) is 2.88. The van der Waals surface area contributed by atoms with E-state index < -0.39 is 11.6 Å². The number of nitrogens with two attached hydrogens (primary N) is 1. The molecule has 0 saturated heterocycles. The van der Waals surface area contributed by atoms with Gasteiger partial charge in [-0.2, -0.15) is 0 Å². The lowest BCUT2D eigenvalue weighted by Crippen LogP contribution is -2.37. The Morgan fingerprint density at radius 1 is 1.12 bits per heavy atom. The molecule has 3 N–H and O–H groups in total. The van der Waals surface area contributed by atoms with E-state index in [4.69, 9.17) is 29.0 Å². The number of nitrogens with zero attached hydrogens (tertiary/aromatic N) is 3. The van der Waals surface area contributed by atoms with Crippen LogP contribution in [0.25, 0.3) is 17.1 Å². The number of amides is 1. The van der Waals surface area contributed by atoms with Gasteiger partial charge >= 0.3 is 5.69 Å². The molecule has 25 heavy (non-hydrogen) atoms. The SMILES string of the molecule is NNC(=O)Cn1nc(-c2ccccc2)n(-c2cc(Cl)cc(Cl)c2)c1=O. The van der Waals surface area contributed by atoms with Gasteiger partial charge in [0.15, 0.2) is 5.82 Å². The van der Waals surface area contributed by atoms with Crippen LogP contribution in [0.2, 0.25) is 10.0 Å². The molecule has 7 nitrogen and oxygen atoms in total. The van der Waals surface area contributed by atoms with Crippen LogP contribution < -0.4 is 17.0 Å². The fourth-order valence-electron chi connectivity index (χ4n) is 2.37. The van der Waals surface area contributed by atoms with Crippen LogP contribution in [0.5, 0.6) is 0 Å². The smallest absolute Gasteiger partial charge is 0.293 e. The Morgan fingerprint density at radius 3 is 2.36 bits per heavy atom. The van der Waals surface area contributed by atoms with Crippen LogP contribution in [0.4, 0.5) is 0 Å². The average Bonchev–Trinajstić information content (AvgIpc) is 2.91. The number of halogens is 2. The summed E-state index contributed by atoms with van der Waals surface area (Å²) in [6.45, 7) is -0.309. The van der Waals surface area contributed by atoms with Gasteiger partial charge < -0.3 is 0 Å². The van der Waals surface area contributed by atoms with Crippen molar-refractivity contribution in [3.8, 4) is 17.1 Å². The number of aromatic nitrogens is 3. The fraction of sp³-hybridized carbons (Fsp3) is 0.0625. The highest BCUT2D eigenvalue weighted by Gasteiger charge is 2.18. The molecule has 128 valence electrons. The molecule has 0 aliphatic rings. The van der Waals surface area contributed by atoms with Gasteiger partial charge in [0.2, 0.25) is 0 Å². The minimum Gasteiger partial charge on any atom is -0.293 e. The maximum absolute atomic E-state index is 12.8. The third-order valence-electron chi connectivity index (χ3n) is 3.43. The van der Waals surface area contributed by atoms with Gasteiger partial charge in [0, 0.05) is 15.6 Å². The summed E-state index contributed by atoms with van der Waals surface area (Å²) in [5.41, 5.74) is 2.61. The van der Waals surface area contributed by atoms with Gasteiger partial charge in [0.25, 0.3) is 5.91 Å². The lowest BCUT2D eigenvalue weighted by Gasteiger charge is -2.07. The van der Waals surface area contributed by atoms with Gasteiger partial charge in [0.05, 0.1) is 5.69 Å². The normalized spacial score (nSPS) is 10.7. The molecule has 2 aromatic carbocycles. The summed E-state index contributed by atoms with van der Waals surface area (Å²) < 4.78 is 2.37. The van der Waals surface area contributed by atoms with E-state index >= 15 is 0 Å². The van der Waals surface area contributed by atoms with Gasteiger partial charge in [-0.1, -0.05) is 53.5 Å². The van der Waals surface area contributed by atoms with Crippen molar-refractivity contribution in [2.75, 3.05) is 0 Å². The number of carbonyl (C=O) groups excluding carboxylic acids is 1. The van der Waals surface area contributed by atoms with E-state index in [1.807, 2.05) is 23.6 Å². The monoisotopic (exact) mass is 377 g/mol. The van der Waals surface area contributed by atoms with E-state index in [1.54, 1.807) is 30.3 Å². The van der Waals surface area contributed by atoms with Gasteiger partial charge in [-0.05, 0) is 18.2 Å². The highest BCUT2D eigenvalue weighted by Crippen LogP contribution is 2.24. The maximum Gasteiger partial charge on any atom is 0.351 e. The molecular weight excluding hydrogens is 365 g/mol. The van der Waals surface area contributed by atoms with Crippen LogP contribution in [0.3, 0.4) is 0 Å². The van der Waals surface area contributed by atoms with Crippen LogP contribution >= 0.6 is 23.2 Å². The molecule has 0 radical (unpaired) electrons. The minimum absolute atomic E-state index is 0.309. The summed E-state index contributed by atoms with van der Waals surface area (Å²) in [6.07, 6.45) is 0. The zero-order chi connectivity index (χ0) is 18.0. The summed E-state index contributed by atoms with van der Waals surface area (Å²) >= 11 is 12.1. The molecule has 9 heteroatoms. The predicted molar refractivity (Wildman–Crippen MR) is 95.6 cm³/mol. The molecule has 0 aliphatic heterocycles. The van der Waals surface area contributed by atoms with E-state index in [2.05, 4.69) is 5.10 Å². The van der Waals surface area contributed by atoms with Crippen LogP contribution in [0, 0.1) is 0 Å². The van der Waals surface area contributed by atoms with E-state index in [0.717, 1.165) is 4.68 Å². The van der Waals surface area contributed by atoms with Gasteiger partial charge in [-0.3, -0.25) is 10.2 Å². The van der Waals surface area contributed by atoms with Crippen molar-refractivity contribution in [3.05, 3.63) is 69.1 Å². The number of hydrogen-bond acceptors (Lipinski definition) is 4. The molecule has 0 fully saturated rings. The lowest BCUT2D eigenvalue weighted by atomic mass is 10.2. The lowest BCUT2D eigenvalue weighted by molar-refractivity contribution is -0.121. The Labute approximate surface area is 152 Å². The third kappa shape index (κ3) is 3.58. The van der Waals surface area contributed by atoms with Crippen molar-refractivity contribution in [2.45, 2.75) is 6.54 Å². The van der Waals surface area contributed by atoms with Crippen molar-refractivity contribution >= 4 is 29.1 Å². The number of hydrazine groups is 1. The highest BCUT2D eigenvalue weighted by atomic mass is 35.5. The molecule has 3 aromatic rings. The van der Waals surface area contributed by atoms with Crippen LogP contribution in [-0.4, -0.2) is 20.3 Å². The first-order chi connectivity index (χ1) is 12.0. The Balaban J connectivity index is 2.24. The van der Waals surface area contributed by atoms with Crippen molar-refractivity contribution in [1.82, 2.24) is 19.8 Å². The summed E-state index contributed by atoms with van der Waals surface area (Å²) in [6, 6.07) is 13.8. The van der Waals surface area contributed by atoms with Crippen molar-refractivity contribution in [1.29, 1.82) is 0 Å². The number of hydrogen-bond donors (Lipinski definition) is 2. The zero-order valence-corrected chi connectivity index (χ0v) is 14.3. The summed E-state index contributed by atoms with van der Waals surface area (Å²) in [4.78, 5) is 24.3. The quantitative estimate of drug-likeness (QED) is 0.413. The molecule has 1 heterocycles. The second-order valence-corrected chi connectivity index (χ2v) is 6.03. The topological polar surface area (TPSA) is 94.9 Å². The second kappa shape index (κ2) is 7.10. The van der Waals surface area contributed by atoms with Crippen molar-refractivity contribution in [3.63, 3.8) is 0 Å². The first-order valence-electron chi connectivity index (χ1n) is 7.21. The number of carbonyl (C=O) groups is 1. The van der Waals surface area contributed by atoms with E-state index in [-0.39, 0.29) is 6.54 Å². The number of benzene rings is 2. The summed E-state index contributed by atoms with van der Waals surface area (Å²) in [5.74, 6) is 4.90. The molecule has 0 bridgehead atoms. The molecule has 0 spiro atoms. The molecule has 0 atom stereocenters. The standard InChI is InChI=1S/C16H13Cl2N5O2/c17-11-6-12(18)8-13(7-11)23-15(10-4-2-1-3-5-10)21-22(16(23)25)9-14(24)20-19/h1-8H,9,19H2,(H,20,24). The van der Waals surface area contributed by atoms with Gasteiger partial charge in [-0.15, -0.1) is 5.10 Å². The largest absolute Gasteiger partial charge is 0.351 e. The van der Waals surface area contributed by atoms with Crippen LogP contribution in [-0.2, 0) is 11.3 Å². The summed E-state index contributed by atoms with van der Waals surface area (Å²) in [7, 11) is 0. The van der Waals surface area contributed by atoms with Crippen molar-refractivity contribution < 1.29 is 4.79 Å². The maximum atomic E-state index is 12.8. The average molecular weight is 378 g/mol. The molecular formula is C16H13Cl2N5O2. The number of rotatable bonds is 4. The molecule has 0 unspecified atom stereocenters. The Bertz CT molecular complexity index is 962.